The van der Waals surface area contributed by atoms with Crippen LogP contribution in [-0.2, 0) is 6.54 Å². The van der Waals surface area contributed by atoms with E-state index < -0.39 is 5.97 Å². The van der Waals surface area contributed by atoms with Gasteiger partial charge in [0, 0.05) is 17.3 Å². The van der Waals surface area contributed by atoms with E-state index >= 15 is 0 Å². The first kappa shape index (κ1) is 12.6. The van der Waals surface area contributed by atoms with Crippen LogP contribution in [0.25, 0.3) is 10.1 Å². The fourth-order valence-corrected chi connectivity index (χ4v) is 3.82. The van der Waals surface area contributed by atoms with E-state index in [4.69, 9.17) is 0 Å². The van der Waals surface area contributed by atoms with Crippen LogP contribution in [0.15, 0.2) is 24.3 Å². The van der Waals surface area contributed by atoms with Gasteiger partial charge in [-0.1, -0.05) is 25.1 Å². The van der Waals surface area contributed by atoms with Crippen LogP contribution in [0.4, 0.5) is 0 Å². The Morgan fingerprint density at radius 2 is 2.16 bits per heavy atom. The molecule has 1 aromatic carbocycles. The summed E-state index contributed by atoms with van der Waals surface area (Å²) in [7, 11) is 0. The first-order chi connectivity index (χ1) is 9.15. The summed E-state index contributed by atoms with van der Waals surface area (Å²) in [4.78, 5) is 11.8. The Kier molecular flexibility index (Phi) is 3.29. The Morgan fingerprint density at radius 3 is 2.84 bits per heavy atom. The maximum Gasteiger partial charge on any atom is 0.346 e. The number of carbonyl (C=O) groups is 1. The zero-order chi connectivity index (χ0) is 13.4. The standard InChI is InChI=1S/C15H17NO2S/c1-9-6-10(7-9)16-8-12-11-4-2-3-5-13(11)19-14(12)15(17)18/h2-5,9-10,16H,6-8H2,1H3,(H,17,18). The lowest BCUT2D eigenvalue weighted by molar-refractivity contribution is 0.0701. The van der Waals surface area contributed by atoms with E-state index in [9.17, 15) is 9.90 Å². The molecule has 19 heavy (non-hydrogen) atoms. The summed E-state index contributed by atoms with van der Waals surface area (Å²) in [5.74, 6) is -0.0179. The van der Waals surface area contributed by atoms with Crippen molar-refractivity contribution >= 4 is 27.4 Å². The lowest BCUT2D eigenvalue weighted by Crippen LogP contribution is -2.39. The minimum absolute atomic E-state index is 0.473. The van der Waals surface area contributed by atoms with E-state index in [1.54, 1.807) is 0 Å². The van der Waals surface area contributed by atoms with Gasteiger partial charge in [-0.2, -0.15) is 0 Å². The summed E-state index contributed by atoms with van der Waals surface area (Å²) in [5, 5.41) is 13.9. The quantitative estimate of drug-likeness (QED) is 0.898. The normalized spacial score (nSPS) is 22.4. The number of thiophene rings is 1. The van der Waals surface area contributed by atoms with Gasteiger partial charge in [-0.05, 0) is 35.8 Å². The molecule has 2 aromatic rings. The van der Waals surface area contributed by atoms with Crippen LogP contribution < -0.4 is 5.32 Å². The highest BCUT2D eigenvalue weighted by molar-refractivity contribution is 7.21. The van der Waals surface area contributed by atoms with E-state index in [0.717, 1.165) is 21.6 Å². The Morgan fingerprint density at radius 1 is 1.42 bits per heavy atom. The molecule has 0 saturated heterocycles. The Bertz CT molecular complexity index is 614. The summed E-state index contributed by atoms with van der Waals surface area (Å²) in [5.41, 5.74) is 0.938. The van der Waals surface area contributed by atoms with Gasteiger partial charge in [-0.25, -0.2) is 4.79 Å². The third-order valence-corrected chi connectivity index (χ3v) is 5.03. The van der Waals surface area contributed by atoms with Crippen molar-refractivity contribution in [2.75, 3.05) is 0 Å². The van der Waals surface area contributed by atoms with E-state index in [-0.39, 0.29) is 0 Å². The number of rotatable bonds is 4. The topological polar surface area (TPSA) is 49.3 Å². The van der Waals surface area contributed by atoms with Gasteiger partial charge < -0.3 is 10.4 Å². The molecule has 0 amide bonds. The Labute approximate surface area is 116 Å². The fourth-order valence-electron chi connectivity index (χ4n) is 2.76. The highest BCUT2D eigenvalue weighted by Gasteiger charge is 2.25. The smallest absolute Gasteiger partial charge is 0.346 e. The molecule has 0 radical (unpaired) electrons. The fraction of sp³-hybridized carbons (Fsp3) is 0.400. The number of aromatic carboxylic acids is 1. The number of benzene rings is 1. The van der Waals surface area contributed by atoms with Gasteiger partial charge in [0.25, 0.3) is 0 Å². The summed E-state index contributed by atoms with van der Waals surface area (Å²) >= 11 is 1.37. The molecule has 1 aliphatic carbocycles. The van der Waals surface area contributed by atoms with Crippen LogP contribution in [0.1, 0.15) is 35.0 Å². The molecule has 1 heterocycles. The molecular weight excluding hydrogens is 258 g/mol. The first-order valence-corrected chi connectivity index (χ1v) is 7.44. The van der Waals surface area contributed by atoms with Crippen molar-refractivity contribution in [3.05, 3.63) is 34.7 Å². The molecule has 1 saturated carbocycles. The van der Waals surface area contributed by atoms with Gasteiger partial charge in [-0.15, -0.1) is 11.3 Å². The van der Waals surface area contributed by atoms with E-state index in [0.29, 0.717) is 17.5 Å². The molecule has 100 valence electrons. The lowest BCUT2D eigenvalue weighted by atomic mass is 9.82. The van der Waals surface area contributed by atoms with Crippen molar-refractivity contribution in [1.29, 1.82) is 0 Å². The molecule has 3 nitrogen and oxygen atoms in total. The van der Waals surface area contributed by atoms with Gasteiger partial charge in [0.1, 0.15) is 4.88 Å². The molecule has 0 aliphatic heterocycles. The zero-order valence-corrected chi connectivity index (χ0v) is 11.7. The maximum absolute atomic E-state index is 11.4. The molecule has 2 N–H and O–H groups in total. The van der Waals surface area contributed by atoms with E-state index in [2.05, 4.69) is 12.2 Å². The van der Waals surface area contributed by atoms with Crippen molar-refractivity contribution in [1.82, 2.24) is 5.32 Å². The average molecular weight is 275 g/mol. The summed E-state index contributed by atoms with van der Waals surface area (Å²) in [6.45, 7) is 2.91. The molecular formula is C15H17NO2S. The first-order valence-electron chi connectivity index (χ1n) is 6.62. The largest absolute Gasteiger partial charge is 0.477 e. The van der Waals surface area contributed by atoms with Crippen LogP contribution >= 0.6 is 11.3 Å². The summed E-state index contributed by atoms with van der Waals surface area (Å²) in [6, 6.07) is 8.47. The number of carboxylic acid groups (broad SMARTS) is 1. The highest BCUT2D eigenvalue weighted by atomic mass is 32.1. The third kappa shape index (κ3) is 2.38. The van der Waals surface area contributed by atoms with Crippen molar-refractivity contribution in [2.45, 2.75) is 32.4 Å². The average Bonchev–Trinajstić information content (AvgIpc) is 2.72. The van der Waals surface area contributed by atoms with Crippen LogP contribution in [0.3, 0.4) is 0 Å². The second-order valence-electron chi connectivity index (χ2n) is 5.37. The monoisotopic (exact) mass is 275 g/mol. The summed E-state index contributed by atoms with van der Waals surface area (Å²) in [6.07, 6.45) is 2.40. The van der Waals surface area contributed by atoms with Crippen molar-refractivity contribution in [3.8, 4) is 0 Å². The van der Waals surface area contributed by atoms with Gasteiger partial charge in [0.15, 0.2) is 0 Å². The van der Waals surface area contributed by atoms with Crippen molar-refractivity contribution < 1.29 is 9.90 Å². The van der Waals surface area contributed by atoms with Crippen LogP contribution in [0.2, 0.25) is 0 Å². The molecule has 0 atom stereocenters. The van der Waals surface area contributed by atoms with Crippen LogP contribution in [0.5, 0.6) is 0 Å². The van der Waals surface area contributed by atoms with Crippen LogP contribution in [0, 0.1) is 5.92 Å². The number of fused-ring (bicyclic) bond motifs is 1. The second kappa shape index (κ2) is 4.94. The van der Waals surface area contributed by atoms with Crippen LogP contribution in [-0.4, -0.2) is 17.1 Å². The molecule has 3 rings (SSSR count). The van der Waals surface area contributed by atoms with Crippen molar-refractivity contribution in [3.63, 3.8) is 0 Å². The molecule has 1 aromatic heterocycles. The third-order valence-electron chi connectivity index (χ3n) is 3.83. The van der Waals surface area contributed by atoms with Crippen molar-refractivity contribution in [2.24, 2.45) is 5.92 Å². The van der Waals surface area contributed by atoms with E-state index in [1.807, 2.05) is 24.3 Å². The lowest BCUT2D eigenvalue weighted by Gasteiger charge is -2.33. The predicted octanol–water partition coefficient (Wildman–Crippen LogP) is 3.49. The number of nitrogens with one attached hydrogen (secondary N) is 1. The molecule has 0 bridgehead atoms. The Hall–Kier alpha value is -1.39. The van der Waals surface area contributed by atoms with Gasteiger partial charge in [0.05, 0.1) is 0 Å². The maximum atomic E-state index is 11.4. The van der Waals surface area contributed by atoms with Gasteiger partial charge >= 0.3 is 5.97 Å². The van der Waals surface area contributed by atoms with Gasteiger partial charge in [0.2, 0.25) is 0 Å². The van der Waals surface area contributed by atoms with E-state index in [1.165, 1.54) is 24.2 Å². The molecule has 1 aliphatic rings. The highest BCUT2D eigenvalue weighted by Crippen LogP contribution is 2.32. The number of hydrogen-bond donors (Lipinski definition) is 2. The molecule has 0 spiro atoms. The minimum atomic E-state index is -0.819. The SMILES string of the molecule is CC1CC(NCc2c(C(=O)O)sc3ccccc23)C1. The van der Waals surface area contributed by atoms with Gasteiger partial charge in [-0.3, -0.25) is 0 Å². The molecule has 0 unspecified atom stereocenters. The molecule has 4 heteroatoms. The zero-order valence-electron chi connectivity index (χ0n) is 10.8. The number of hydrogen-bond acceptors (Lipinski definition) is 3. The predicted molar refractivity (Wildman–Crippen MR) is 77.8 cm³/mol. The minimum Gasteiger partial charge on any atom is -0.477 e. The molecule has 1 fully saturated rings. The Balaban J connectivity index is 1.87. The second-order valence-corrected chi connectivity index (χ2v) is 6.42. The summed E-state index contributed by atoms with van der Waals surface area (Å²) < 4.78 is 1.05. The number of carboxylic acids is 1.